The lowest BCUT2D eigenvalue weighted by Gasteiger charge is -2.19. The molecule has 1 atom stereocenters. The highest BCUT2D eigenvalue weighted by Gasteiger charge is 2.16. The van der Waals surface area contributed by atoms with E-state index in [-0.39, 0.29) is 22.9 Å². The van der Waals surface area contributed by atoms with Gasteiger partial charge >= 0.3 is 5.97 Å². The smallest absolute Gasteiger partial charge is 0.335 e. The van der Waals surface area contributed by atoms with Gasteiger partial charge in [0.25, 0.3) is 5.91 Å². The molecule has 0 aliphatic heterocycles. The maximum atomic E-state index is 12.4. The Kier molecular flexibility index (Phi) is 5.07. The summed E-state index contributed by atoms with van der Waals surface area (Å²) in [5.41, 5.74) is 2.93. The second kappa shape index (κ2) is 6.87. The SMILES string of the molecule is CC(NC(=O)c1ccc(C(C)(C)C)cc1)c1ccc(C(=O)O)cc1. The van der Waals surface area contributed by atoms with Crippen molar-refractivity contribution in [2.24, 2.45) is 0 Å². The van der Waals surface area contributed by atoms with E-state index in [1.807, 2.05) is 31.2 Å². The molecule has 0 bridgehead atoms. The molecule has 0 aliphatic rings. The Bertz CT molecular complexity index is 725. The van der Waals surface area contributed by atoms with Crippen LogP contribution in [-0.2, 0) is 5.41 Å². The standard InChI is InChI=1S/C20H23NO3/c1-13(14-5-7-16(8-6-14)19(23)24)21-18(22)15-9-11-17(12-10-15)20(2,3)4/h5-13H,1-4H3,(H,21,22)(H,23,24). The zero-order valence-electron chi connectivity index (χ0n) is 14.5. The molecule has 0 aromatic heterocycles. The van der Waals surface area contributed by atoms with Gasteiger partial charge in [0.05, 0.1) is 11.6 Å². The minimum Gasteiger partial charge on any atom is -0.478 e. The summed E-state index contributed by atoms with van der Waals surface area (Å²) in [7, 11) is 0. The van der Waals surface area contributed by atoms with E-state index < -0.39 is 5.97 Å². The lowest BCUT2D eigenvalue weighted by atomic mass is 9.86. The Morgan fingerprint density at radius 3 is 1.88 bits per heavy atom. The molecule has 0 aliphatic carbocycles. The van der Waals surface area contributed by atoms with Gasteiger partial charge in [0.15, 0.2) is 0 Å². The molecule has 1 amide bonds. The highest BCUT2D eigenvalue weighted by molar-refractivity contribution is 5.94. The maximum absolute atomic E-state index is 12.4. The number of amides is 1. The van der Waals surface area contributed by atoms with Crippen molar-refractivity contribution in [3.05, 3.63) is 70.8 Å². The van der Waals surface area contributed by atoms with Crippen LogP contribution in [-0.4, -0.2) is 17.0 Å². The number of carboxylic acid groups (broad SMARTS) is 1. The van der Waals surface area contributed by atoms with Crippen molar-refractivity contribution in [3.8, 4) is 0 Å². The highest BCUT2D eigenvalue weighted by atomic mass is 16.4. The van der Waals surface area contributed by atoms with Crippen molar-refractivity contribution in [2.75, 3.05) is 0 Å². The Labute approximate surface area is 142 Å². The molecule has 4 nitrogen and oxygen atoms in total. The van der Waals surface area contributed by atoms with Crippen LogP contribution in [0, 0.1) is 0 Å². The molecule has 4 heteroatoms. The molecule has 1 unspecified atom stereocenters. The van der Waals surface area contributed by atoms with Crippen molar-refractivity contribution in [1.82, 2.24) is 5.32 Å². The largest absolute Gasteiger partial charge is 0.478 e. The summed E-state index contributed by atoms with van der Waals surface area (Å²) in [6, 6.07) is 13.9. The Balaban J connectivity index is 2.07. The molecule has 0 saturated heterocycles. The van der Waals surface area contributed by atoms with Gasteiger partial charge in [-0.2, -0.15) is 0 Å². The number of nitrogens with one attached hydrogen (secondary N) is 1. The Morgan fingerprint density at radius 2 is 1.42 bits per heavy atom. The zero-order chi connectivity index (χ0) is 17.9. The van der Waals surface area contributed by atoms with Crippen LogP contribution < -0.4 is 5.32 Å². The van der Waals surface area contributed by atoms with Crippen LogP contribution in [0.4, 0.5) is 0 Å². The third-order valence-corrected chi connectivity index (χ3v) is 4.02. The van der Waals surface area contributed by atoms with Gasteiger partial charge in [-0.25, -0.2) is 4.79 Å². The van der Waals surface area contributed by atoms with Crippen LogP contribution >= 0.6 is 0 Å². The van der Waals surface area contributed by atoms with Crippen LogP contribution in [0.15, 0.2) is 48.5 Å². The second-order valence-electron chi connectivity index (χ2n) is 6.95. The lowest BCUT2D eigenvalue weighted by molar-refractivity contribution is 0.0696. The van der Waals surface area contributed by atoms with Gasteiger partial charge in [-0.3, -0.25) is 4.79 Å². The second-order valence-corrected chi connectivity index (χ2v) is 6.95. The number of aromatic carboxylic acids is 1. The van der Waals surface area contributed by atoms with Gasteiger partial charge < -0.3 is 10.4 Å². The first-order valence-electron chi connectivity index (χ1n) is 7.93. The Hall–Kier alpha value is -2.62. The van der Waals surface area contributed by atoms with E-state index in [4.69, 9.17) is 5.11 Å². The van der Waals surface area contributed by atoms with E-state index in [0.29, 0.717) is 5.56 Å². The summed E-state index contributed by atoms with van der Waals surface area (Å²) in [6.45, 7) is 8.26. The van der Waals surface area contributed by atoms with Crippen molar-refractivity contribution in [1.29, 1.82) is 0 Å². The van der Waals surface area contributed by atoms with Crippen molar-refractivity contribution >= 4 is 11.9 Å². The van der Waals surface area contributed by atoms with E-state index in [2.05, 4.69) is 26.1 Å². The number of carboxylic acids is 1. The summed E-state index contributed by atoms with van der Waals surface area (Å²) in [5.74, 6) is -1.11. The quantitative estimate of drug-likeness (QED) is 0.886. The molecule has 2 aromatic rings. The Morgan fingerprint density at radius 1 is 0.917 bits per heavy atom. The molecule has 0 heterocycles. The van der Waals surface area contributed by atoms with Crippen LogP contribution in [0.5, 0.6) is 0 Å². The fourth-order valence-corrected chi connectivity index (χ4v) is 2.40. The van der Waals surface area contributed by atoms with E-state index in [1.165, 1.54) is 5.56 Å². The third kappa shape index (κ3) is 4.22. The van der Waals surface area contributed by atoms with E-state index in [9.17, 15) is 9.59 Å². The van der Waals surface area contributed by atoms with Gasteiger partial charge in [0.1, 0.15) is 0 Å². The fourth-order valence-electron chi connectivity index (χ4n) is 2.40. The first kappa shape index (κ1) is 17.7. The van der Waals surface area contributed by atoms with Crippen LogP contribution in [0.3, 0.4) is 0 Å². The first-order chi connectivity index (χ1) is 11.2. The van der Waals surface area contributed by atoms with Crippen LogP contribution in [0.2, 0.25) is 0 Å². The number of carbonyl (C=O) groups excluding carboxylic acids is 1. The molecule has 0 fully saturated rings. The van der Waals surface area contributed by atoms with Gasteiger partial charge in [0.2, 0.25) is 0 Å². The molecular weight excluding hydrogens is 302 g/mol. The topological polar surface area (TPSA) is 66.4 Å². The summed E-state index contributed by atoms with van der Waals surface area (Å²) < 4.78 is 0. The first-order valence-corrected chi connectivity index (χ1v) is 7.93. The van der Waals surface area contributed by atoms with E-state index in [1.54, 1.807) is 24.3 Å². The van der Waals surface area contributed by atoms with Crippen LogP contribution in [0.1, 0.15) is 65.6 Å². The van der Waals surface area contributed by atoms with Gasteiger partial charge in [-0.15, -0.1) is 0 Å². The molecule has 126 valence electrons. The predicted octanol–water partition coefficient (Wildman–Crippen LogP) is 4.17. The van der Waals surface area contributed by atoms with Crippen molar-refractivity contribution in [2.45, 2.75) is 39.2 Å². The predicted molar refractivity (Wildman–Crippen MR) is 94.4 cm³/mol. The molecule has 2 N–H and O–H groups in total. The average Bonchev–Trinajstić information content (AvgIpc) is 2.54. The van der Waals surface area contributed by atoms with E-state index in [0.717, 1.165) is 5.56 Å². The van der Waals surface area contributed by atoms with Gasteiger partial charge in [-0.05, 0) is 47.7 Å². The van der Waals surface area contributed by atoms with Gasteiger partial charge in [-0.1, -0.05) is 45.0 Å². The third-order valence-electron chi connectivity index (χ3n) is 4.02. The van der Waals surface area contributed by atoms with Crippen LogP contribution in [0.25, 0.3) is 0 Å². The number of carbonyl (C=O) groups is 2. The number of hydrogen-bond acceptors (Lipinski definition) is 2. The molecule has 0 radical (unpaired) electrons. The normalized spacial score (nSPS) is 12.5. The molecular formula is C20H23NO3. The minimum atomic E-state index is -0.961. The molecule has 2 aromatic carbocycles. The molecule has 0 spiro atoms. The minimum absolute atomic E-state index is 0.0498. The number of rotatable bonds is 4. The maximum Gasteiger partial charge on any atom is 0.335 e. The lowest BCUT2D eigenvalue weighted by Crippen LogP contribution is -2.26. The molecule has 0 saturated carbocycles. The monoisotopic (exact) mass is 325 g/mol. The molecule has 24 heavy (non-hydrogen) atoms. The van der Waals surface area contributed by atoms with Gasteiger partial charge in [0, 0.05) is 5.56 Å². The highest BCUT2D eigenvalue weighted by Crippen LogP contribution is 2.22. The summed E-state index contributed by atoms with van der Waals surface area (Å²) in [6.07, 6.45) is 0. The summed E-state index contributed by atoms with van der Waals surface area (Å²) in [5, 5.41) is 11.9. The summed E-state index contributed by atoms with van der Waals surface area (Å²) >= 11 is 0. The zero-order valence-corrected chi connectivity index (χ0v) is 14.5. The van der Waals surface area contributed by atoms with Crippen molar-refractivity contribution in [3.63, 3.8) is 0 Å². The number of benzene rings is 2. The summed E-state index contributed by atoms with van der Waals surface area (Å²) in [4.78, 5) is 23.2. The fraction of sp³-hybridized carbons (Fsp3) is 0.300. The van der Waals surface area contributed by atoms with E-state index >= 15 is 0 Å². The average molecular weight is 325 g/mol. The molecule has 2 rings (SSSR count). The number of hydrogen-bond donors (Lipinski definition) is 2. The van der Waals surface area contributed by atoms with Crippen molar-refractivity contribution < 1.29 is 14.7 Å².